The summed E-state index contributed by atoms with van der Waals surface area (Å²) in [7, 11) is -4.16. The molecule has 2 heterocycles. The summed E-state index contributed by atoms with van der Waals surface area (Å²) in [6.07, 6.45) is 2.68. The molecule has 0 radical (unpaired) electrons. The number of thiazole rings is 1. The Labute approximate surface area is 83.6 Å². The third kappa shape index (κ3) is 3.60. The first-order valence-electron chi connectivity index (χ1n) is 3.26. The second kappa shape index (κ2) is 4.79. The average Bonchev–Trinajstić information content (AvgIpc) is 2.80. The monoisotopic (exact) mass is 234 g/mol. The maximum Gasteiger partial charge on any atom is 0.315 e. The topological polar surface area (TPSA) is 109 Å². The second-order valence-corrected chi connectivity index (χ2v) is 4.08. The van der Waals surface area contributed by atoms with Crippen molar-refractivity contribution in [1.29, 1.82) is 0 Å². The van der Waals surface area contributed by atoms with Gasteiger partial charge in [0.05, 0.1) is 11.7 Å². The van der Waals surface area contributed by atoms with Gasteiger partial charge < -0.3 is 0 Å². The van der Waals surface area contributed by atoms with E-state index in [2.05, 4.69) is 15.2 Å². The van der Waals surface area contributed by atoms with Crippen LogP contribution in [-0.4, -0.2) is 33.4 Å². The van der Waals surface area contributed by atoms with E-state index >= 15 is 0 Å². The number of nitrogens with one attached hydrogen (secondary N) is 1. The second-order valence-electron chi connectivity index (χ2n) is 1.96. The molecule has 2 N–H and O–H groups in total. The fourth-order valence-electron chi connectivity index (χ4n) is 0.491. The first-order chi connectivity index (χ1) is 6.61. The molecule has 0 aliphatic carbocycles. The molecule has 2 rings (SSSR count). The molecule has 0 unspecified atom stereocenters. The third-order valence-corrected chi connectivity index (χ3v) is 2.25. The van der Waals surface area contributed by atoms with Gasteiger partial charge in [-0.15, -0.1) is 16.4 Å². The van der Waals surface area contributed by atoms with E-state index in [4.69, 9.17) is 4.55 Å². The molecule has 7 nitrogen and oxygen atoms in total. The van der Waals surface area contributed by atoms with Gasteiger partial charge in [0.15, 0.2) is 0 Å². The first kappa shape index (κ1) is 10.8. The molecule has 2 aromatic heterocycles. The molecule has 0 saturated carbocycles. The summed E-state index contributed by atoms with van der Waals surface area (Å²) in [5, 5.41) is 9.78. The lowest BCUT2D eigenvalue weighted by Gasteiger charge is -1.82. The van der Waals surface area contributed by atoms with Gasteiger partial charge in [0.25, 0.3) is 0 Å². The number of aromatic amines is 1. The van der Waals surface area contributed by atoms with Crippen LogP contribution in [0.2, 0.25) is 0 Å². The summed E-state index contributed by atoms with van der Waals surface area (Å²) >= 11 is 1.60. The molecule has 0 amide bonds. The van der Waals surface area contributed by atoms with Crippen molar-refractivity contribution in [2.24, 2.45) is 0 Å². The maximum absolute atomic E-state index is 10.1. The van der Waals surface area contributed by atoms with Crippen LogP contribution in [0.15, 0.2) is 28.3 Å². The summed E-state index contributed by atoms with van der Waals surface area (Å²) in [4.78, 5) is 3.74. The zero-order chi connectivity index (χ0) is 10.4. The zero-order valence-corrected chi connectivity index (χ0v) is 8.36. The maximum atomic E-state index is 10.1. The van der Waals surface area contributed by atoms with Crippen molar-refractivity contribution < 1.29 is 13.0 Å². The smallest absolute Gasteiger partial charge is 0.281 e. The number of hydrogen-bond donors (Lipinski definition) is 2. The molecule has 0 fully saturated rings. The molecule has 14 heavy (non-hydrogen) atoms. The summed E-state index contributed by atoms with van der Waals surface area (Å²) in [5.41, 5.74) is 1.79. The molecular weight excluding hydrogens is 228 g/mol. The Kier molecular flexibility index (Phi) is 3.68. The molecule has 0 atom stereocenters. The Morgan fingerprint density at radius 1 is 1.50 bits per heavy atom. The van der Waals surface area contributed by atoms with Crippen LogP contribution >= 0.6 is 11.3 Å². The average molecular weight is 234 g/mol. The highest BCUT2D eigenvalue weighted by atomic mass is 32.2. The van der Waals surface area contributed by atoms with Gasteiger partial charge in [-0.05, 0) is 0 Å². The highest BCUT2D eigenvalue weighted by Crippen LogP contribution is 1.97. The van der Waals surface area contributed by atoms with Crippen LogP contribution in [0.3, 0.4) is 0 Å². The van der Waals surface area contributed by atoms with Crippen LogP contribution in [0.25, 0.3) is 0 Å². The van der Waals surface area contributed by atoms with Gasteiger partial charge in [-0.3, -0.25) is 9.54 Å². The number of aromatic nitrogens is 4. The third-order valence-electron chi connectivity index (χ3n) is 1.00. The van der Waals surface area contributed by atoms with Crippen LogP contribution < -0.4 is 0 Å². The van der Waals surface area contributed by atoms with Gasteiger partial charge in [0, 0.05) is 11.6 Å². The Bertz CT molecular complexity index is 418. The quantitative estimate of drug-likeness (QED) is 0.682. The molecule has 0 saturated heterocycles. The minimum absolute atomic E-state index is 0.470. The zero-order valence-electron chi connectivity index (χ0n) is 6.73. The minimum atomic E-state index is -4.16. The summed E-state index contributed by atoms with van der Waals surface area (Å²) in [6.45, 7) is 0. The summed E-state index contributed by atoms with van der Waals surface area (Å²) < 4.78 is 28.5. The van der Waals surface area contributed by atoms with Gasteiger partial charge in [-0.2, -0.15) is 18.7 Å². The van der Waals surface area contributed by atoms with E-state index in [1.165, 1.54) is 0 Å². The highest BCUT2D eigenvalue weighted by Gasteiger charge is 2.10. The minimum Gasteiger partial charge on any atom is -0.281 e. The van der Waals surface area contributed by atoms with Crippen molar-refractivity contribution >= 4 is 21.5 Å². The standard InChI is InChI=1S/C3H3NS.C2H3N3O3S/c1-2-5-3-4-1;6-9(7,8)2-1-3-5-4-2/h1-3H;1H,(H,3,4,5)(H,6,7,8). The lowest BCUT2D eigenvalue weighted by atomic mass is 11.0. The van der Waals surface area contributed by atoms with Gasteiger partial charge in [0.2, 0.25) is 5.03 Å². The van der Waals surface area contributed by atoms with Gasteiger partial charge in [-0.1, -0.05) is 0 Å². The molecule has 0 aliphatic heterocycles. The predicted octanol–water partition coefficient (Wildman–Crippen LogP) is 0.194. The van der Waals surface area contributed by atoms with Gasteiger partial charge in [0.1, 0.15) is 0 Å². The van der Waals surface area contributed by atoms with Crippen molar-refractivity contribution in [3.8, 4) is 0 Å². The predicted molar refractivity (Wildman–Crippen MR) is 48.3 cm³/mol. The van der Waals surface area contributed by atoms with E-state index in [1.54, 1.807) is 23.0 Å². The number of H-pyrrole nitrogens is 1. The Balaban J connectivity index is 0.000000165. The number of nitrogens with zero attached hydrogens (tertiary/aromatic N) is 3. The lowest BCUT2D eigenvalue weighted by Crippen LogP contribution is -1.97. The van der Waals surface area contributed by atoms with Crippen molar-refractivity contribution in [3.05, 3.63) is 23.3 Å². The summed E-state index contributed by atoms with van der Waals surface area (Å²) in [5.74, 6) is 0. The van der Waals surface area contributed by atoms with E-state index in [0.29, 0.717) is 0 Å². The van der Waals surface area contributed by atoms with Crippen molar-refractivity contribution in [2.45, 2.75) is 5.03 Å². The molecule has 2 aromatic rings. The molecule has 0 aliphatic rings. The Morgan fingerprint density at radius 2 is 2.29 bits per heavy atom. The lowest BCUT2D eigenvalue weighted by molar-refractivity contribution is 0.479. The van der Waals surface area contributed by atoms with E-state index in [1.807, 2.05) is 10.6 Å². The number of rotatable bonds is 1. The first-order valence-corrected chi connectivity index (χ1v) is 5.64. The molecular formula is C5H6N4O3S2. The van der Waals surface area contributed by atoms with E-state index in [0.717, 1.165) is 6.20 Å². The Morgan fingerprint density at radius 3 is 2.50 bits per heavy atom. The molecule has 0 bridgehead atoms. The van der Waals surface area contributed by atoms with Crippen LogP contribution in [0.5, 0.6) is 0 Å². The Hall–Kier alpha value is -1.32. The largest absolute Gasteiger partial charge is 0.315 e. The van der Waals surface area contributed by atoms with E-state index in [-0.39, 0.29) is 0 Å². The number of hydrogen-bond acceptors (Lipinski definition) is 6. The summed E-state index contributed by atoms with van der Waals surface area (Å²) in [6, 6.07) is 0. The van der Waals surface area contributed by atoms with Crippen molar-refractivity contribution in [3.63, 3.8) is 0 Å². The van der Waals surface area contributed by atoms with Crippen LogP contribution in [-0.2, 0) is 10.1 Å². The molecule has 0 aromatic carbocycles. The molecule has 9 heteroatoms. The fourth-order valence-corrected chi connectivity index (χ4v) is 1.18. The van der Waals surface area contributed by atoms with Crippen LogP contribution in [0.1, 0.15) is 0 Å². The van der Waals surface area contributed by atoms with Gasteiger partial charge in [-0.25, -0.2) is 0 Å². The molecule has 0 spiro atoms. The molecule has 76 valence electrons. The van der Waals surface area contributed by atoms with Crippen molar-refractivity contribution in [2.75, 3.05) is 0 Å². The highest BCUT2D eigenvalue weighted by molar-refractivity contribution is 7.85. The SMILES string of the molecule is O=S(=O)(O)c1cn[nH]n1.c1cscn1. The van der Waals surface area contributed by atoms with Crippen LogP contribution in [0, 0.1) is 0 Å². The van der Waals surface area contributed by atoms with Crippen LogP contribution in [0.4, 0.5) is 0 Å². The van der Waals surface area contributed by atoms with E-state index in [9.17, 15) is 8.42 Å². The van der Waals surface area contributed by atoms with E-state index < -0.39 is 15.1 Å². The van der Waals surface area contributed by atoms with Gasteiger partial charge >= 0.3 is 10.1 Å². The van der Waals surface area contributed by atoms with Crippen molar-refractivity contribution in [1.82, 2.24) is 20.4 Å². The fraction of sp³-hybridized carbons (Fsp3) is 0. The normalized spacial score (nSPS) is 10.4.